The summed E-state index contributed by atoms with van der Waals surface area (Å²) in [7, 11) is 5.35. The molecule has 0 amide bonds. The molecule has 0 saturated carbocycles. The quantitative estimate of drug-likeness (QED) is 0.590. The highest BCUT2D eigenvalue weighted by Gasteiger charge is 2.19. The van der Waals surface area contributed by atoms with Crippen molar-refractivity contribution in [1.29, 1.82) is 0 Å². The molecule has 0 radical (unpaired) electrons. The van der Waals surface area contributed by atoms with Crippen LogP contribution in [0, 0.1) is 13.8 Å². The van der Waals surface area contributed by atoms with Gasteiger partial charge in [0.1, 0.15) is 5.82 Å². The van der Waals surface area contributed by atoms with Crippen LogP contribution in [0.5, 0.6) is 11.5 Å². The number of anilines is 2. The van der Waals surface area contributed by atoms with Gasteiger partial charge in [-0.2, -0.15) is 4.98 Å². The average Bonchev–Trinajstić information content (AvgIpc) is 3.01. The van der Waals surface area contributed by atoms with E-state index in [4.69, 9.17) is 19.4 Å². The molecule has 1 aliphatic rings. The number of nitrogens with zero attached hydrogens (tertiary/aromatic N) is 4. The predicted molar refractivity (Wildman–Crippen MR) is 131 cm³/mol. The second-order valence-electron chi connectivity index (χ2n) is 8.54. The van der Waals surface area contributed by atoms with Gasteiger partial charge in [-0.05, 0) is 51.6 Å². The van der Waals surface area contributed by atoms with Crippen LogP contribution in [0.25, 0.3) is 10.9 Å². The Morgan fingerprint density at radius 1 is 1.03 bits per heavy atom. The Kier molecular flexibility index (Phi) is 6.69. The zero-order chi connectivity index (χ0) is 23.5. The van der Waals surface area contributed by atoms with Crippen molar-refractivity contribution in [3.63, 3.8) is 0 Å². The van der Waals surface area contributed by atoms with E-state index >= 15 is 0 Å². The molecule has 0 unspecified atom stereocenters. The number of pyridine rings is 1. The molecule has 0 spiro atoms. The van der Waals surface area contributed by atoms with Crippen molar-refractivity contribution < 1.29 is 9.47 Å². The normalized spacial score (nSPS) is 14.9. The summed E-state index contributed by atoms with van der Waals surface area (Å²) >= 11 is 0. The number of aryl methyl sites for hydroxylation is 2. The van der Waals surface area contributed by atoms with Crippen molar-refractivity contribution in [3.05, 3.63) is 45.4 Å². The van der Waals surface area contributed by atoms with Gasteiger partial charge in [0.15, 0.2) is 11.5 Å². The summed E-state index contributed by atoms with van der Waals surface area (Å²) in [5.41, 5.74) is 3.14. The second kappa shape index (κ2) is 9.66. The summed E-state index contributed by atoms with van der Waals surface area (Å²) in [6, 6.07) is 5.73. The number of likely N-dealkylation sites (N-methyl/N-ethyl adjacent to an activating group) is 1. The fraction of sp³-hybridized carbons (Fsp3) is 0.458. The van der Waals surface area contributed by atoms with Crippen molar-refractivity contribution >= 4 is 22.7 Å². The Morgan fingerprint density at radius 3 is 2.52 bits per heavy atom. The lowest BCUT2D eigenvalue weighted by Gasteiger charge is -2.22. The lowest BCUT2D eigenvalue weighted by atomic mass is 10.1. The third-order valence-corrected chi connectivity index (χ3v) is 6.12. The van der Waals surface area contributed by atoms with Crippen molar-refractivity contribution in [2.45, 2.75) is 26.8 Å². The van der Waals surface area contributed by atoms with E-state index in [1.165, 1.54) is 0 Å². The maximum absolute atomic E-state index is 12.5. The summed E-state index contributed by atoms with van der Waals surface area (Å²) in [6.07, 6.45) is 1.05. The lowest BCUT2D eigenvalue weighted by molar-refractivity contribution is 0.356. The molecule has 9 heteroatoms. The molecule has 1 fully saturated rings. The highest BCUT2D eigenvalue weighted by atomic mass is 16.5. The fourth-order valence-electron chi connectivity index (χ4n) is 4.24. The van der Waals surface area contributed by atoms with Gasteiger partial charge in [-0.25, -0.2) is 4.98 Å². The van der Waals surface area contributed by atoms with Gasteiger partial charge in [-0.1, -0.05) is 0 Å². The number of aromatic nitrogens is 3. The second-order valence-corrected chi connectivity index (χ2v) is 8.54. The van der Waals surface area contributed by atoms with E-state index in [9.17, 15) is 4.79 Å². The third-order valence-electron chi connectivity index (χ3n) is 6.12. The Bertz CT molecular complexity index is 1210. The maximum Gasteiger partial charge on any atom is 0.253 e. The highest BCUT2D eigenvalue weighted by Crippen LogP contribution is 2.35. The van der Waals surface area contributed by atoms with Gasteiger partial charge < -0.3 is 29.6 Å². The average molecular weight is 453 g/mol. The zero-order valence-electron chi connectivity index (χ0n) is 20.0. The Labute approximate surface area is 193 Å². The number of benzene rings is 1. The van der Waals surface area contributed by atoms with Crippen molar-refractivity contribution in [2.75, 3.05) is 57.7 Å². The van der Waals surface area contributed by atoms with Crippen LogP contribution in [0.2, 0.25) is 0 Å². The highest BCUT2D eigenvalue weighted by molar-refractivity contribution is 5.92. The summed E-state index contributed by atoms with van der Waals surface area (Å²) < 4.78 is 11.0. The van der Waals surface area contributed by atoms with Gasteiger partial charge in [0.05, 0.1) is 19.7 Å². The van der Waals surface area contributed by atoms with Crippen LogP contribution in [-0.4, -0.2) is 67.3 Å². The van der Waals surface area contributed by atoms with Crippen LogP contribution in [0.3, 0.4) is 0 Å². The van der Waals surface area contributed by atoms with Crippen LogP contribution < -0.4 is 25.2 Å². The van der Waals surface area contributed by atoms with Crippen LogP contribution in [0.15, 0.2) is 23.0 Å². The van der Waals surface area contributed by atoms with E-state index in [1.54, 1.807) is 14.2 Å². The molecule has 1 saturated heterocycles. The fourth-order valence-corrected chi connectivity index (χ4v) is 4.24. The molecule has 2 aromatic heterocycles. The maximum atomic E-state index is 12.5. The van der Waals surface area contributed by atoms with E-state index < -0.39 is 0 Å². The minimum Gasteiger partial charge on any atom is -0.493 e. The van der Waals surface area contributed by atoms with E-state index in [0.29, 0.717) is 35.4 Å². The van der Waals surface area contributed by atoms with E-state index in [2.05, 4.69) is 27.1 Å². The first-order valence-corrected chi connectivity index (χ1v) is 11.2. The smallest absolute Gasteiger partial charge is 0.253 e. The standard InChI is InChI=1S/C24H32N6O3/c1-15-11-16(2)26-23(31)18(15)14-25-22-17-12-20(32-4)21(33-5)13-19(17)27-24(28-22)30-8-6-7-29(3)9-10-30/h11-13H,6-10,14H2,1-5H3,(H,26,31)(H,25,27,28). The first kappa shape index (κ1) is 22.8. The minimum absolute atomic E-state index is 0.0895. The van der Waals surface area contributed by atoms with Crippen molar-refractivity contribution in [2.24, 2.45) is 0 Å². The molecule has 33 heavy (non-hydrogen) atoms. The van der Waals surface area contributed by atoms with Gasteiger partial charge in [0, 0.05) is 48.9 Å². The molecule has 0 aliphatic carbocycles. The van der Waals surface area contributed by atoms with Crippen molar-refractivity contribution in [3.8, 4) is 11.5 Å². The molecule has 0 bridgehead atoms. The molecule has 1 aromatic carbocycles. The third kappa shape index (κ3) is 4.88. The monoisotopic (exact) mass is 452 g/mol. The number of fused-ring (bicyclic) bond motifs is 1. The van der Waals surface area contributed by atoms with E-state index in [0.717, 1.165) is 54.8 Å². The SMILES string of the molecule is COc1cc2nc(N3CCCN(C)CC3)nc(NCc3c(C)cc(C)[nH]c3=O)c2cc1OC. The molecule has 176 valence electrons. The number of nitrogens with one attached hydrogen (secondary N) is 2. The molecule has 9 nitrogen and oxygen atoms in total. The first-order valence-electron chi connectivity index (χ1n) is 11.2. The number of rotatable bonds is 6. The van der Waals surface area contributed by atoms with Gasteiger partial charge >= 0.3 is 0 Å². The number of ether oxygens (including phenoxy) is 2. The van der Waals surface area contributed by atoms with E-state index in [1.807, 2.05) is 32.0 Å². The summed E-state index contributed by atoms with van der Waals surface area (Å²) in [4.78, 5) is 29.7. The number of aromatic amines is 1. The van der Waals surface area contributed by atoms with Crippen LogP contribution in [0.1, 0.15) is 23.2 Å². The molecule has 3 aromatic rings. The minimum atomic E-state index is -0.0895. The predicted octanol–water partition coefficient (Wildman–Crippen LogP) is 2.71. The van der Waals surface area contributed by atoms with Gasteiger partial charge in [0.2, 0.25) is 5.95 Å². The molecule has 1 aliphatic heterocycles. The molecular formula is C24H32N6O3. The topological polar surface area (TPSA) is 95.6 Å². The Balaban J connectivity index is 1.77. The number of methoxy groups -OCH3 is 2. The van der Waals surface area contributed by atoms with Crippen molar-refractivity contribution in [1.82, 2.24) is 19.9 Å². The molecule has 2 N–H and O–H groups in total. The summed E-state index contributed by atoms with van der Waals surface area (Å²) in [5, 5.41) is 4.20. The Morgan fingerprint density at radius 2 is 1.79 bits per heavy atom. The molecular weight excluding hydrogens is 420 g/mol. The first-order chi connectivity index (χ1) is 15.9. The van der Waals surface area contributed by atoms with Crippen LogP contribution in [-0.2, 0) is 6.54 Å². The summed E-state index contributed by atoms with van der Waals surface area (Å²) in [5.74, 6) is 2.54. The zero-order valence-corrected chi connectivity index (χ0v) is 20.0. The van der Waals surface area contributed by atoms with Crippen LogP contribution in [0.4, 0.5) is 11.8 Å². The molecule has 3 heterocycles. The lowest BCUT2D eigenvalue weighted by Crippen LogP contribution is -2.30. The van der Waals surface area contributed by atoms with E-state index in [-0.39, 0.29) is 5.56 Å². The number of hydrogen-bond donors (Lipinski definition) is 2. The molecule has 4 rings (SSSR count). The molecule has 0 atom stereocenters. The van der Waals surface area contributed by atoms with Crippen LogP contribution >= 0.6 is 0 Å². The largest absolute Gasteiger partial charge is 0.493 e. The van der Waals surface area contributed by atoms with Gasteiger partial charge in [0.25, 0.3) is 5.56 Å². The van der Waals surface area contributed by atoms with Gasteiger partial charge in [-0.3, -0.25) is 4.79 Å². The Hall–Kier alpha value is -3.33. The number of hydrogen-bond acceptors (Lipinski definition) is 8. The number of H-pyrrole nitrogens is 1. The summed E-state index contributed by atoms with van der Waals surface area (Å²) in [6.45, 7) is 7.93. The van der Waals surface area contributed by atoms with Gasteiger partial charge in [-0.15, -0.1) is 0 Å².